The standard InChI is InChI=1S/C14H13N4.ClH/c1-10-5-3-4-6-14(10)18-17-12-7-8-13(16-15)11(2)9-12;/h3-9H,1-2H3;1H/q+1;/p-1. The zero-order valence-electron chi connectivity index (χ0n) is 10.7. The summed E-state index contributed by atoms with van der Waals surface area (Å²) in [4.78, 5) is 3.17. The highest BCUT2D eigenvalue weighted by molar-refractivity contribution is 5.57. The van der Waals surface area contributed by atoms with Gasteiger partial charge in [-0.25, -0.2) is 0 Å². The van der Waals surface area contributed by atoms with E-state index in [1.165, 1.54) is 0 Å². The Hall–Kier alpha value is -2.25. The lowest BCUT2D eigenvalue weighted by molar-refractivity contribution is -0.00000405. The average Bonchev–Trinajstić information content (AvgIpc) is 2.38. The summed E-state index contributed by atoms with van der Waals surface area (Å²) < 4.78 is 0. The summed E-state index contributed by atoms with van der Waals surface area (Å²) in [6.45, 7) is 3.86. The molecule has 2 rings (SSSR count). The topological polar surface area (TPSA) is 52.9 Å². The molecule has 0 heterocycles. The first-order valence-corrected chi connectivity index (χ1v) is 5.64. The van der Waals surface area contributed by atoms with E-state index in [1.54, 1.807) is 12.1 Å². The third-order valence-electron chi connectivity index (χ3n) is 2.68. The van der Waals surface area contributed by atoms with Gasteiger partial charge in [-0.2, -0.15) is 10.2 Å². The number of nitrogens with zero attached hydrogens (tertiary/aromatic N) is 4. The summed E-state index contributed by atoms with van der Waals surface area (Å²) in [7, 11) is 0. The minimum absolute atomic E-state index is 0. The molecule has 0 atom stereocenters. The van der Waals surface area contributed by atoms with Crippen LogP contribution in [0.4, 0.5) is 17.1 Å². The van der Waals surface area contributed by atoms with Crippen LogP contribution in [0.25, 0.3) is 4.98 Å². The van der Waals surface area contributed by atoms with Gasteiger partial charge in [-0.05, 0) is 37.6 Å². The molecule has 0 saturated carbocycles. The van der Waals surface area contributed by atoms with E-state index in [2.05, 4.69) is 15.2 Å². The smallest absolute Gasteiger partial charge is 0.388 e. The molecule has 96 valence electrons. The van der Waals surface area contributed by atoms with Crippen molar-refractivity contribution in [3.63, 3.8) is 0 Å². The second-order valence-corrected chi connectivity index (χ2v) is 4.06. The van der Waals surface area contributed by atoms with Gasteiger partial charge in [0.25, 0.3) is 0 Å². The SMILES string of the molecule is Cc1ccccc1N=Nc1ccc([N+]#N)c(C)c1.[Cl-]. The van der Waals surface area contributed by atoms with Crippen LogP contribution >= 0.6 is 0 Å². The molecule has 0 aliphatic rings. The van der Waals surface area contributed by atoms with Crippen LogP contribution in [0.2, 0.25) is 0 Å². The van der Waals surface area contributed by atoms with Gasteiger partial charge in [0.2, 0.25) is 5.39 Å². The Morgan fingerprint density at radius 2 is 1.68 bits per heavy atom. The Bertz CT molecular complexity index is 644. The van der Waals surface area contributed by atoms with E-state index in [-0.39, 0.29) is 12.4 Å². The molecule has 0 spiro atoms. The molecule has 0 unspecified atom stereocenters. The molecule has 0 N–H and O–H groups in total. The number of rotatable bonds is 2. The number of halogens is 1. The highest BCUT2D eigenvalue weighted by Crippen LogP contribution is 2.26. The van der Waals surface area contributed by atoms with Gasteiger partial charge in [0.15, 0.2) is 4.98 Å². The van der Waals surface area contributed by atoms with Crippen molar-refractivity contribution in [2.75, 3.05) is 0 Å². The third-order valence-corrected chi connectivity index (χ3v) is 2.68. The van der Waals surface area contributed by atoms with E-state index in [0.29, 0.717) is 5.69 Å². The van der Waals surface area contributed by atoms with Crippen LogP contribution in [0.15, 0.2) is 52.7 Å². The maximum Gasteiger partial charge on any atom is 0.388 e. The van der Waals surface area contributed by atoms with E-state index in [0.717, 1.165) is 22.5 Å². The van der Waals surface area contributed by atoms with Crippen molar-refractivity contribution >= 4 is 17.1 Å². The predicted octanol–water partition coefficient (Wildman–Crippen LogP) is 2.21. The molecule has 0 aliphatic heterocycles. The van der Waals surface area contributed by atoms with E-state index < -0.39 is 0 Å². The van der Waals surface area contributed by atoms with Crippen LogP contribution in [0.5, 0.6) is 0 Å². The molecule has 0 aromatic heterocycles. The summed E-state index contributed by atoms with van der Waals surface area (Å²) in [5.74, 6) is 0. The number of benzene rings is 2. The summed E-state index contributed by atoms with van der Waals surface area (Å²) >= 11 is 0. The molecule has 0 bridgehead atoms. The lowest BCUT2D eigenvalue weighted by atomic mass is 10.2. The molecule has 0 amide bonds. The highest BCUT2D eigenvalue weighted by Gasteiger charge is 2.09. The van der Waals surface area contributed by atoms with Gasteiger partial charge in [0, 0.05) is 11.6 Å². The van der Waals surface area contributed by atoms with Gasteiger partial charge >= 0.3 is 5.69 Å². The summed E-state index contributed by atoms with van der Waals surface area (Å²) in [6, 6.07) is 13.1. The fraction of sp³-hybridized carbons (Fsp3) is 0.143. The van der Waals surface area contributed by atoms with Crippen molar-refractivity contribution in [2.45, 2.75) is 13.8 Å². The second-order valence-electron chi connectivity index (χ2n) is 4.06. The lowest BCUT2D eigenvalue weighted by Crippen LogP contribution is -3.00. The van der Waals surface area contributed by atoms with Crippen molar-refractivity contribution in [1.29, 1.82) is 5.39 Å². The summed E-state index contributed by atoms with van der Waals surface area (Å²) in [5, 5.41) is 17.1. The number of azo groups is 1. The molecule has 2 aromatic carbocycles. The van der Waals surface area contributed by atoms with E-state index >= 15 is 0 Å². The minimum Gasteiger partial charge on any atom is -1.00 e. The van der Waals surface area contributed by atoms with Crippen LogP contribution in [0.1, 0.15) is 11.1 Å². The van der Waals surface area contributed by atoms with E-state index in [4.69, 9.17) is 5.39 Å². The first-order chi connectivity index (χ1) is 8.70. The fourth-order valence-electron chi connectivity index (χ4n) is 1.60. The summed E-state index contributed by atoms with van der Waals surface area (Å²) in [6.07, 6.45) is 0. The molecule has 19 heavy (non-hydrogen) atoms. The van der Waals surface area contributed by atoms with E-state index in [1.807, 2.05) is 44.2 Å². The second kappa shape index (κ2) is 6.62. The van der Waals surface area contributed by atoms with Gasteiger partial charge in [-0.1, -0.05) is 18.2 Å². The van der Waals surface area contributed by atoms with Crippen LogP contribution in [-0.2, 0) is 0 Å². The monoisotopic (exact) mass is 272 g/mol. The quantitative estimate of drug-likeness (QED) is 0.611. The van der Waals surface area contributed by atoms with Gasteiger partial charge in [0.1, 0.15) is 0 Å². The Kier molecular flexibility index (Phi) is 5.16. The van der Waals surface area contributed by atoms with Crippen LogP contribution in [0.3, 0.4) is 0 Å². The van der Waals surface area contributed by atoms with Crippen molar-refractivity contribution in [3.05, 3.63) is 58.6 Å². The molecule has 0 saturated heterocycles. The van der Waals surface area contributed by atoms with Crippen LogP contribution < -0.4 is 12.4 Å². The van der Waals surface area contributed by atoms with Crippen molar-refractivity contribution in [2.24, 2.45) is 10.2 Å². The lowest BCUT2D eigenvalue weighted by Gasteiger charge is -1.97. The Morgan fingerprint density at radius 1 is 0.947 bits per heavy atom. The molecule has 0 fully saturated rings. The molecular weight excluding hydrogens is 260 g/mol. The maximum absolute atomic E-state index is 8.72. The number of diazo groups is 1. The number of hydrogen-bond donors (Lipinski definition) is 0. The van der Waals surface area contributed by atoms with Gasteiger partial charge in [-0.15, -0.1) is 0 Å². The molecule has 0 radical (unpaired) electrons. The van der Waals surface area contributed by atoms with E-state index in [9.17, 15) is 0 Å². The van der Waals surface area contributed by atoms with Crippen molar-refractivity contribution in [1.82, 2.24) is 0 Å². The normalized spacial score (nSPS) is 9.95. The average molecular weight is 273 g/mol. The van der Waals surface area contributed by atoms with Gasteiger partial charge in [-0.3, -0.25) is 0 Å². The molecular formula is C14H13ClN4. The minimum atomic E-state index is 0. The van der Waals surface area contributed by atoms with Gasteiger partial charge < -0.3 is 12.4 Å². The van der Waals surface area contributed by atoms with Gasteiger partial charge in [0.05, 0.1) is 11.4 Å². The predicted molar refractivity (Wildman–Crippen MR) is 71.3 cm³/mol. The van der Waals surface area contributed by atoms with Crippen molar-refractivity contribution < 1.29 is 12.4 Å². The number of aryl methyl sites for hydroxylation is 2. The molecule has 0 aliphatic carbocycles. The Morgan fingerprint density at radius 3 is 2.32 bits per heavy atom. The fourth-order valence-corrected chi connectivity index (χ4v) is 1.60. The first kappa shape index (κ1) is 14.8. The largest absolute Gasteiger partial charge is 1.00 e. The van der Waals surface area contributed by atoms with Crippen LogP contribution in [0, 0.1) is 19.2 Å². The molecule has 2 aromatic rings. The third kappa shape index (κ3) is 3.60. The van der Waals surface area contributed by atoms with Crippen molar-refractivity contribution in [3.8, 4) is 0 Å². The zero-order valence-corrected chi connectivity index (χ0v) is 11.5. The Labute approximate surface area is 118 Å². The highest BCUT2D eigenvalue weighted by atomic mass is 35.5. The zero-order chi connectivity index (χ0) is 13.0. The summed E-state index contributed by atoms with van der Waals surface area (Å²) in [5.41, 5.74) is 4.08. The Balaban J connectivity index is 0.00000180. The maximum atomic E-state index is 8.72. The first-order valence-electron chi connectivity index (χ1n) is 5.64. The van der Waals surface area contributed by atoms with Crippen LogP contribution in [-0.4, -0.2) is 0 Å². The molecule has 5 heteroatoms. The molecule has 4 nitrogen and oxygen atoms in total. The number of hydrogen-bond acceptors (Lipinski definition) is 3.